The lowest BCUT2D eigenvalue weighted by atomic mass is 9.95. The van der Waals surface area contributed by atoms with Gasteiger partial charge in [0.25, 0.3) is 5.91 Å². The van der Waals surface area contributed by atoms with Gasteiger partial charge in [0.2, 0.25) is 0 Å². The molecule has 2 aromatic carbocycles. The van der Waals surface area contributed by atoms with Crippen molar-refractivity contribution in [2.45, 2.75) is 25.7 Å². The second-order valence-electron chi connectivity index (χ2n) is 7.60. The first-order valence-corrected chi connectivity index (χ1v) is 12.0. The summed E-state index contributed by atoms with van der Waals surface area (Å²) in [5.41, 5.74) is 3.30. The van der Waals surface area contributed by atoms with Gasteiger partial charge in [-0.3, -0.25) is 4.79 Å². The quantitative estimate of drug-likeness (QED) is 0.283. The fourth-order valence-corrected chi connectivity index (χ4v) is 5.33. The lowest BCUT2D eigenvalue weighted by Gasteiger charge is -2.13. The van der Waals surface area contributed by atoms with Crippen molar-refractivity contribution in [3.05, 3.63) is 81.7 Å². The molecule has 1 aromatic heterocycles. The summed E-state index contributed by atoms with van der Waals surface area (Å²) in [5, 5.41) is 4.14. The van der Waals surface area contributed by atoms with Gasteiger partial charge >= 0.3 is 0 Å². The van der Waals surface area contributed by atoms with Gasteiger partial charge in [-0.1, -0.05) is 42.5 Å². The number of rotatable bonds is 8. The molecule has 0 fully saturated rings. The summed E-state index contributed by atoms with van der Waals surface area (Å²) >= 11 is 8.01. The van der Waals surface area contributed by atoms with E-state index in [1.165, 1.54) is 4.88 Å². The molecule has 170 valence electrons. The van der Waals surface area contributed by atoms with Crippen LogP contribution in [0.25, 0.3) is 0 Å². The van der Waals surface area contributed by atoms with Gasteiger partial charge in [0.1, 0.15) is 11.6 Å². The van der Waals surface area contributed by atoms with Crippen molar-refractivity contribution in [3.8, 4) is 11.5 Å². The number of hydrogen-bond donors (Lipinski definition) is 1. The second-order valence-corrected chi connectivity index (χ2v) is 9.09. The van der Waals surface area contributed by atoms with Crippen LogP contribution in [0.2, 0.25) is 5.02 Å². The first kappa shape index (κ1) is 23.1. The Hall–Kier alpha value is -3.09. The molecule has 1 heterocycles. The summed E-state index contributed by atoms with van der Waals surface area (Å²) in [7, 11) is 1.56. The largest absolute Gasteiger partial charge is 0.493 e. The highest BCUT2D eigenvalue weighted by molar-refractivity contribution is 7.16. The zero-order valence-corrected chi connectivity index (χ0v) is 20.0. The van der Waals surface area contributed by atoms with E-state index < -0.39 is 0 Å². The Morgan fingerprint density at radius 1 is 1.24 bits per heavy atom. The third-order valence-electron chi connectivity index (χ3n) is 5.34. The summed E-state index contributed by atoms with van der Waals surface area (Å²) in [5.74, 6) is 0.848. The van der Waals surface area contributed by atoms with E-state index in [0.717, 1.165) is 42.5 Å². The summed E-state index contributed by atoms with van der Waals surface area (Å²) in [6.45, 7) is 3.98. The molecule has 5 nitrogen and oxygen atoms in total. The van der Waals surface area contributed by atoms with Crippen molar-refractivity contribution in [3.63, 3.8) is 0 Å². The Kier molecular flexibility index (Phi) is 7.47. The smallest absolute Gasteiger partial charge is 0.259 e. The van der Waals surface area contributed by atoms with Crippen molar-refractivity contribution < 1.29 is 14.3 Å². The van der Waals surface area contributed by atoms with E-state index in [0.29, 0.717) is 33.7 Å². The van der Waals surface area contributed by atoms with Gasteiger partial charge in [0, 0.05) is 16.8 Å². The Labute approximate surface area is 202 Å². The summed E-state index contributed by atoms with van der Waals surface area (Å²) in [6, 6.07) is 13.1. The molecule has 4 rings (SSSR count). The fraction of sp³-hybridized carbons (Fsp3) is 0.231. The number of carbonyl (C=O) groups is 1. The number of para-hydroxylation sites is 1. The highest BCUT2D eigenvalue weighted by atomic mass is 35.5. The van der Waals surface area contributed by atoms with Crippen LogP contribution in [0.15, 0.2) is 60.1 Å². The zero-order valence-electron chi connectivity index (χ0n) is 18.4. The molecule has 0 unspecified atom stereocenters. The van der Waals surface area contributed by atoms with Gasteiger partial charge in [-0.15, -0.1) is 11.3 Å². The van der Waals surface area contributed by atoms with Crippen molar-refractivity contribution in [1.82, 2.24) is 0 Å². The van der Waals surface area contributed by atoms with E-state index in [4.69, 9.17) is 26.1 Å². The predicted octanol–water partition coefficient (Wildman–Crippen LogP) is 6.86. The molecule has 0 saturated carbocycles. The molecule has 1 aliphatic rings. The van der Waals surface area contributed by atoms with E-state index in [2.05, 4.69) is 11.9 Å². The second kappa shape index (κ2) is 10.7. The maximum atomic E-state index is 13.2. The minimum atomic E-state index is -0.128. The number of fused-ring (bicyclic) bond motifs is 1. The first-order chi connectivity index (χ1) is 16.1. The minimum Gasteiger partial charge on any atom is -0.493 e. The molecule has 0 atom stereocenters. The van der Waals surface area contributed by atoms with Crippen molar-refractivity contribution in [2.24, 2.45) is 4.99 Å². The van der Waals surface area contributed by atoms with Gasteiger partial charge in [0.15, 0.2) is 11.5 Å². The van der Waals surface area contributed by atoms with E-state index in [9.17, 15) is 4.79 Å². The predicted molar refractivity (Wildman–Crippen MR) is 136 cm³/mol. The Morgan fingerprint density at radius 3 is 2.79 bits per heavy atom. The van der Waals surface area contributed by atoms with Gasteiger partial charge < -0.3 is 14.8 Å². The van der Waals surface area contributed by atoms with Gasteiger partial charge in [-0.05, 0) is 61.1 Å². The van der Waals surface area contributed by atoms with Gasteiger partial charge in [0.05, 0.1) is 17.7 Å². The number of thiophene rings is 1. The van der Waals surface area contributed by atoms with E-state index in [-0.39, 0.29) is 5.91 Å². The fourth-order valence-electron chi connectivity index (χ4n) is 3.82. The number of carbonyl (C=O) groups excluding carboxylic acids is 1. The number of aliphatic imine (C=N–C) groups is 1. The number of methoxy groups -OCH3 is 1. The van der Waals surface area contributed by atoms with Crippen LogP contribution in [0.5, 0.6) is 11.5 Å². The molecule has 0 radical (unpaired) electrons. The molecule has 0 aliphatic heterocycles. The third-order valence-corrected chi connectivity index (χ3v) is 6.82. The maximum Gasteiger partial charge on any atom is 0.259 e. The number of benzene rings is 2. The first-order valence-electron chi connectivity index (χ1n) is 10.8. The molecule has 0 bridgehead atoms. The number of nitrogens with zero attached hydrogens (tertiary/aromatic N) is 1. The topological polar surface area (TPSA) is 59.9 Å². The normalized spacial score (nSPS) is 12.9. The number of halogens is 1. The molecule has 33 heavy (non-hydrogen) atoms. The van der Waals surface area contributed by atoms with Gasteiger partial charge in [-0.2, -0.15) is 0 Å². The van der Waals surface area contributed by atoms with Crippen LogP contribution in [-0.4, -0.2) is 25.8 Å². The van der Waals surface area contributed by atoms with Crippen LogP contribution in [0.3, 0.4) is 0 Å². The van der Waals surface area contributed by atoms with E-state index in [1.54, 1.807) is 36.8 Å². The minimum absolute atomic E-state index is 0.128. The van der Waals surface area contributed by atoms with Crippen LogP contribution in [0, 0.1) is 0 Å². The number of nitrogens with one attached hydrogen (secondary N) is 1. The Balaban J connectivity index is 1.66. The van der Waals surface area contributed by atoms with Crippen molar-refractivity contribution >= 4 is 45.7 Å². The molecule has 7 heteroatoms. The zero-order chi connectivity index (χ0) is 23.2. The highest BCUT2D eigenvalue weighted by Gasteiger charge is 2.25. The van der Waals surface area contributed by atoms with Gasteiger partial charge in [-0.25, -0.2) is 4.99 Å². The molecular formula is C26H25ClN2O3S. The van der Waals surface area contributed by atoms with Crippen LogP contribution in [-0.2, 0) is 12.8 Å². The van der Waals surface area contributed by atoms with Crippen molar-refractivity contribution in [2.75, 3.05) is 19.0 Å². The van der Waals surface area contributed by atoms with Crippen LogP contribution >= 0.6 is 22.9 Å². The molecule has 0 saturated heterocycles. The van der Waals surface area contributed by atoms with Crippen LogP contribution < -0.4 is 14.8 Å². The lowest BCUT2D eigenvalue weighted by molar-refractivity contribution is 0.102. The van der Waals surface area contributed by atoms with Crippen LogP contribution in [0.4, 0.5) is 10.7 Å². The average molecular weight is 481 g/mol. The molecule has 1 N–H and O–H groups in total. The number of amides is 1. The molecule has 3 aromatic rings. The highest BCUT2D eigenvalue weighted by Crippen LogP contribution is 2.41. The number of aryl methyl sites for hydroxylation is 1. The van der Waals surface area contributed by atoms with E-state index >= 15 is 0 Å². The molecular weight excluding hydrogens is 456 g/mol. The Morgan fingerprint density at radius 2 is 2.03 bits per heavy atom. The number of anilines is 1. The molecule has 1 aliphatic carbocycles. The standard InChI is InChI=1S/C26H25ClN2O3S/c1-3-13-32-24-20(27)14-17(15-21(24)31-2)16-28-26-23(19-11-7-8-12-22(19)33-26)25(30)29-18-9-5-4-6-10-18/h3-6,9-10,14-16H,1,7-8,11-13H2,2H3,(H,29,30). The summed E-state index contributed by atoms with van der Waals surface area (Å²) < 4.78 is 11.1. The van der Waals surface area contributed by atoms with Crippen molar-refractivity contribution in [1.29, 1.82) is 0 Å². The monoisotopic (exact) mass is 480 g/mol. The Bertz CT molecular complexity index is 1190. The summed E-state index contributed by atoms with van der Waals surface area (Å²) in [4.78, 5) is 19.2. The molecule has 0 spiro atoms. The lowest BCUT2D eigenvalue weighted by Crippen LogP contribution is -2.14. The average Bonchev–Trinajstić information content (AvgIpc) is 3.21. The van der Waals surface area contributed by atoms with E-state index in [1.807, 2.05) is 36.4 Å². The summed E-state index contributed by atoms with van der Waals surface area (Å²) in [6.07, 6.45) is 7.45. The molecule has 1 amide bonds. The number of hydrogen-bond acceptors (Lipinski definition) is 5. The maximum absolute atomic E-state index is 13.2. The third kappa shape index (κ3) is 5.29. The SMILES string of the molecule is C=CCOc1c(Cl)cc(C=Nc2sc3c(c2C(=O)Nc2ccccc2)CCCC3)cc1OC. The number of ether oxygens (including phenoxy) is 2. The van der Waals surface area contributed by atoms with Crippen LogP contribution in [0.1, 0.15) is 39.2 Å².